The van der Waals surface area contributed by atoms with Gasteiger partial charge in [-0.05, 0) is 44.7 Å². The Kier molecular flexibility index (Phi) is 4.44. The molecule has 1 aromatic heterocycles. The van der Waals surface area contributed by atoms with E-state index in [9.17, 15) is 9.59 Å². The fourth-order valence-corrected chi connectivity index (χ4v) is 4.05. The third kappa shape index (κ3) is 3.21. The molecule has 6 heteroatoms. The lowest BCUT2D eigenvalue weighted by Gasteiger charge is -2.46. The number of carbonyl (C=O) groups is 2. The summed E-state index contributed by atoms with van der Waals surface area (Å²) in [5, 5.41) is 0. The SMILES string of the molecule is Cc1ccc(C(=O)N2CC[C@]3(C2)CN(c2ccccc2)C(=O)CN3C)cn1. The topological polar surface area (TPSA) is 56.8 Å². The Morgan fingerprint density at radius 3 is 2.59 bits per heavy atom. The Hall–Kier alpha value is -2.73. The zero-order valence-corrected chi connectivity index (χ0v) is 15.8. The third-order valence-corrected chi connectivity index (χ3v) is 5.78. The molecule has 0 unspecified atom stereocenters. The van der Waals surface area contributed by atoms with Crippen LogP contribution in [0.4, 0.5) is 5.69 Å². The van der Waals surface area contributed by atoms with Crippen molar-refractivity contribution < 1.29 is 9.59 Å². The van der Waals surface area contributed by atoms with E-state index in [1.165, 1.54) is 0 Å². The first kappa shape index (κ1) is 17.7. The van der Waals surface area contributed by atoms with E-state index in [-0.39, 0.29) is 17.4 Å². The number of aryl methyl sites for hydroxylation is 1. The van der Waals surface area contributed by atoms with Crippen molar-refractivity contribution in [3.8, 4) is 0 Å². The van der Waals surface area contributed by atoms with Crippen LogP contribution in [0.15, 0.2) is 48.7 Å². The predicted octanol–water partition coefficient (Wildman–Crippen LogP) is 1.95. The van der Waals surface area contributed by atoms with Gasteiger partial charge in [0.05, 0.1) is 17.6 Å². The van der Waals surface area contributed by atoms with E-state index in [0.29, 0.717) is 31.7 Å². The molecule has 0 bridgehead atoms. The number of rotatable bonds is 2. The maximum absolute atomic E-state index is 12.9. The molecule has 2 aliphatic heterocycles. The molecule has 6 nitrogen and oxygen atoms in total. The van der Waals surface area contributed by atoms with Crippen LogP contribution in [-0.4, -0.2) is 65.4 Å². The van der Waals surface area contributed by atoms with Crippen LogP contribution in [0, 0.1) is 6.92 Å². The molecule has 140 valence electrons. The number of hydrogen-bond acceptors (Lipinski definition) is 4. The van der Waals surface area contributed by atoms with Gasteiger partial charge in [0.1, 0.15) is 0 Å². The molecule has 0 N–H and O–H groups in total. The highest BCUT2D eigenvalue weighted by atomic mass is 16.2. The number of likely N-dealkylation sites (N-methyl/N-ethyl adjacent to an activating group) is 1. The first-order chi connectivity index (χ1) is 13.0. The fraction of sp³-hybridized carbons (Fsp3) is 0.381. The number of aromatic nitrogens is 1. The largest absolute Gasteiger partial charge is 0.337 e. The molecule has 2 fully saturated rings. The summed E-state index contributed by atoms with van der Waals surface area (Å²) in [4.78, 5) is 35.6. The summed E-state index contributed by atoms with van der Waals surface area (Å²) in [6.07, 6.45) is 2.50. The summed E-state index contributed by atoms with van der Waals surface area (Å²) >= 11 is 0. The predicted molar refractivity (Wildman–Crippen MR) is 104 cm³/mol. The van der Waals surface area contributed by atoms with Crippen molar-refractivity contribution in [1.29, 1.82) is 0 Å². The van der Waals surface area contributed by atoms with E-state index < -0.39 is 0 Å². The van der Waals surface area contributed by atoms with Gasteiger partial charge in [-0.25, -0.2) is 0 Å². The van der Waals surface area contributed by atoms with Gasteiger partial charge in [0.15, 0.2) is 0 Å². The van der Waals surface area contributed by atoms with Crippen LogP contribution in [0.3, 0.4) is 0 Å². The van der Waals surface area contributed by atoms with Crippen molar-refractivity contribution in [3.63, 3.8) is 0 Å². The second-order valence-electron chi connectivity index (χ2n) is 7.56. The van der Waals surface area contributed by atoms with Crippen LogP contribution in [0.1, 0.15) is 22.5 Å². The molecule has 1 aromatic carbocycles. The highest BCUT2D eigenvalue weighted by molar-refractivity contribution is 5.96. The van der Waals surface area contributed by atoms with E-state index in [2.05, 4.69) is 9.88 Å². The molecule has 27 heavy (non-hydrogen) atoms. The van der Waals surface area contributed by atoms with Gasteiger partial charge in [-0.1, -0.05) is 18.2 Å². The van der Waals surface area contributed by atoms with Crippen LogP contribution in [0.25, 0.3) is 0 Å². The van der Waals surface area contributed by atoms with Crippen LogP contribution >= 0.6 is 0 Å². The smallest absolute Gasteiger partial charge is 0.255 e. The Labute approximate surface area is 159 Å². The van der Waals surface area contributed by atoms with Gasteiger partial charge in [0.25, 0.3) is 5.91 Å². The van der Waals surface area contributed by atoms with E-state index in [0.717, 1.165) is 17.8 Å². The Morgan fingerprint density at radius 2 is 1.89 bits per heavy atom. The standard InChI is InChI=1S/C21H24N4O2/c1-16-8-9-17(12-22-16)20(27)24-11-10-21(14-24)15-25(19(26)13-23(21)2)18-6-4-3-5-7-18/h3-9,12H,10-11,13-15H2,1-2H3/t21-/m0/s1. The molecule has 0 aliphatic carbocycles. The van der Waals surface area contributed by atoms with E-state index in [1.54, 1.807) is 6.20 Å². The molecular formula is C21H24N4O2. The van der Waals surface area contributed by atoms with Crippen molar-refractivity contribution in [1.82, 2.24) is 14.8 Å². The maximum atomic E-state index is 12.9. The molecule has 1 spiro atoms. The van der Waals surface area contributed by atoms with Crippen LogP contribution in [-0.2, 0) is 4.79 Å². The second kappa shape index (κ2) is 6.78. The number of hydrogen-bond donors (Lipinski definition) is 0. The first-order valence-corrected chi connectivity index (χ1v) is 9.27. The van der Waals surface area contributed by atoms with Crippen molar-refractivity contribution in [2.75, 3.05) is 38.1 Å². The van der Waals surface area contributed by atoms with Gasteiger partial charge < -0.3 is 9.80 Å². The van der Waals surface area contributed by atoms with Crippen molar-refractivity contribution in [2.45, 2.75) is 18.9 Å². The number of nitrogens with zero attached hydrogens (tertiary/aromatic N) is 4. The van der Waals surface area contributed by atoms with Crippen molar-refractivity contribution in [2.24, 2.45) is 0 Å². The number of anilines is 1. The molecule has 0 radical (unpaired) electrons. The molecule has 2 aliphatic rings. The molecule has 2 saturated heterocycles. The Balaban J connectivity index is 1.55. The van der Waals surface area contributed by atoms with Crippen molar-refractivity contribution >= 4 is 17.5 Å². The fourth-order valence-electron chi connectivity index (χ4n) is 4.05. The molecule has 3 heterocycles. The van der Waals surface area contributed by atoms with Gasteiger partial charge in [0.2, 0.25) is 5.91 Å². The molecule has 0 saturated carbocycles. The summed E-state index contributed by atoms with van der Waals surface area (Å²) in [5.41, 5.74) is 2.22. The molecule has 1 atom stereocenters. The van der Waals surface area contributed by atoms with Gasteiger partial charge in [-0.15, -0.1) is 0 Å². The van der Waals surface area contributed by atoms with E-state index in [4.69, 9.17) is 0 Å². The minimum absolute atomic E-state index is 0.0101. The monoisotopic (exact) mass is 364 g/mol. The summed E-state index contributed by atoms with van der Waals surface area (Å²) in [7, 11) is 1.99. The molecular weight excluding hydrogens is 340 g/mol. The molecule has 4 rings (SSSR count). The Bertz CT molecular complexity index is 852. The number of carbonyl (C=O) groups excluding carboxylic acids is 2. The first-order valence-electron chi connectivity index (χ1n) is 9.27. The van der Waals surface area contributed by atoms with Gasteiger partial charge >= 0.3 is 0 Å². The number of amides is 2. The highest BCUT2D eigenvalue weighted by Crippen LogP contribution is 2.33. The maximum Gasteiger partial charge on any atom is 0.255 e. The lowest BCUT2D eigenvalue weighted by molar-refractivity contribution is -0.123. The van der Waals surface area contributed by atoms with Gasteiger partial charge in [-0.3, -0.25) is 19.5 Å². The summed E-state index contributed by atoms with van der Waals surface area (Å²) in [6.45, 7) is 4.18. The van der Waals surface area contributed by atoms with Crippen LogP contribution in [0.2, 0.25) is 0 Å². The minimum Gasteiger partial charge on any atom is -0.337 e. The Morgan fingerprint density at radius 1 is 1.11 bits per heavy atom. The normalized spacial score (nSPS) is 23.3. The van der Waals surface area contributed by atoms with Gasteiger partial charge in [0, 0.05) is 37.2 Å². The average Bonchev–Trinajstić information content (AvgIpc) is 3.11. The van der Waals surface area contributed by atoms with Crippen molar-refractivity contribution in [3.05, 3.63) is 59.9 Å². The summed E-state index contributed by atoms with van der Waals surface area (Å²) < 4.78 is 0. The molecule has 2 amide bonds. The number of pyridine rings is 1. The van der Waals surface area contributed by atoms with Gasteiger partial charge in [-0.2, -0.15) is 0 Å². The number of piperazine rings is 1. The zero-order chi connectivity index (χ0) is 19.0. The highest BCUT2D eigenvalue weighted by Gasteiger charge is 2.48. The second-order valence-corrected chi connectivity index (χ2v) is 7.56. The van der Waals surface area contributed by atoms with Crippen LogP contribution < -0.4 is 4.90 Å². The van der Waals surface area contributed by atoms with Crippen LogP contribution in [0.5, 0.6) is 0 Å². The zero-order valence-electron chi connectivity index (χ0n) is 15.8. The van der Waals surface area contributed by atoms with E-state index >= 15 is 0 Å². The summed E-state index contributed by atoms with van der Waals surface area (Å²) in [6, 6.07) is 13.5. The quantitative estimate of drug-likeness (QED) is 0.817. The van der Waals surface area contributed by atoms with E-state index in [1.807, 2.05) is 66.2 Å². The number of likely N-dealkylation sites (tertiary alicyclic amines) is 1. The number of benzene rings is 1. The minimum atomic E-state index is -0.211. The lowest BCUT2D eigenvalue weighted by Crippen LogP contribution is -2.64. The lowest BCUT2D eigenvalue weighted by atomic mass is 9.92. The molecule has 2 aromatic rings. The third-order valence-electron chi connectivity index (χ3n) is 5.78. The summed E-state index contributed by atoms with van der Waals surface area (Å²) in [5.74, 6) is 0.109. The number of para-hydroxylation sites is 1. The average molecular weight is 364 g/mol.